The fourth-order valence-corrected chi connectivity index (χ4v) is 4.76. The number of nitrogens with zero attached hydrogens (tertiary/aromatic N) is 2. The first-order valence-electron chi connectivity index (χ1n) is 8.19. The molecule has 0 spiro atoms. The lowest BCUT2D eigenvalue weighted by Gasteiger charge is -2.21. The molecule has 0 unspecified atom stereocenters. The summed E-state index contributed by atoms with van der Waals surface area (Å²) in [5.41, 5.74) is 0.765. The number of non-ortho nitro benzene ring substituents is 1. The zero-order chi connectivity index (χ0) is 20.0. The Morgan fingerprint density at radius 1 is 1.26 bits per heavy atom. The summed E-state index contributed by atoms with van der Waals surface area (Å²) in [5, 5.41) is 12.6. The fraction of sp³-hybridized carbons (Fsp3) is 0.353. The van der Waals surface area contributed by atoms with E-state index in [1.54, 1.807) is 6.92 Å². The van der Waals surface area contributed by atoms with Gasteiger partial charge in [-0.25, -0.2) is 8.42 Å². The highest BCUT2D eigenvalue weighted by Gasteiger charge is 2.27. The van der Waals surface area contributed by atoms with Crippen molar-refractivity contribution in [2.75, 3.05) is 13.2 Å². The van der Waals surface area contributed by atoms with Crippen molar-refractivity contribution in [2.45, 2.75) is 31.7 Å². The minimum atomic E-state index is -3.94. The molecule has 27 heavy (non-hydrogen) atoms. The van der Waals surface area contributed by atoms with Crippen LogP contribution in [0.2, 0.25) is 0 Å². The van der Waals surface area contributed by atoms with E-state index in [0.717, 1.165) is 22.6 Å². The molecule has 0 atom stereocenters. The molecule has 2 rings (SSSR count). The Balaban J connectivity index is 2.30. The highest BCUT2D eigenvalue weighted by Crippen LogP contribution is 2.24. The fourth-order valence-electron chi connectivity index (χ4n) is 2.35. The van der Waals surface area contributed by atoms with E-state index in [4.69, 9.17) is 4.74 Å². The standard InChI is InChI=1S/C17H20N2O6S2/c1-3-25-17(20)8-10-18(12-16-13(2)9-11-26-16)27(23,24)15-6-4-14(5-7-15)19(21)22/h4-7,9,11H,3,8,10,12H2,1-2H3. The van der Waals surface area contributed by atoms with Gasteiger partial charge in [0.05, 0.1) is 22.8 Å². The molecule has 0 bridgehead atoms. The first-order chi connectivity index (χ1) is 12.8. The summed E-state index contributed by atoms with van der Waals surface area (Å²) in [4.78, 5) is 22.7. The van der Waals surface area contributed by atoms with Gasteiger partial charge in [0.1, 0.15) is 0 Å². The normalized spacial score (nSPS) is 11.5. The number of hydrogen-bond donors (Lipinski definition) is 0. The summed E-state index contributed by atoms with van der Waals surface area (Å²) >= 11 is 1.43. The van der Waals surface area contributed by atoms with Gasteiger partial charge in [-0.05, 0) is 43.0 Å². The molecule has 1 aromatic heterocycles. The molecule has 146 valence electrons. The molecule has 8 nitrogen and oxygen atoms in total. The summed E-state index contributed by atoms with van der Waals surface area (Å²) in [5.74, 6) is -0.482. The molecular formula is C17H20N2O6S2. The largest absolute Gasteiger partial charge is 0.466 e. The smallest absolute Gasteiger partial charge is 0.307 e. The van der Waals surface area contributed by atoms with Crippen LogP contribution >= 0.6 is 11.3 Å². The molecule has 0 aliphatic heterocycles. The van der Waals surface area contributed by atoms with Crippen molar-refractivity contribution in [1.82, 2.24) is 4.31 Å². The molecule has 0 N–H and O–H groups in total. The topological polar surface area (TPSA) is 107 Å². The summed E-state index contributed by atoms with van der Waals surface area (Å²) in [6, 6.07) is 6.58. The molecule has 0 aliphatic carbocycles. The number of nitro benzene ring substituents is 1. The molecule has 0 saturated carbocycles. The van der Waals surface area contributed by atoms with Gasteiger partial charge < -0.3 is 4.74 Å². The minimum Gasteiger partial charge on any atom is -0.466 e. The average Bonchev–Trinajstić information content (AvgIpc) is 3.03. The predicted octanol–water partition coefficient (Wildman–Crippen LogP) is 3.11. The molecule has 2 aromatic rings. The van der Waals surface area contributed by atoms with Crippen LogP contribution in [-0.4, -0.2) is 36.8 Å². The zero-order valence-corrected chi connectivity index (χ0v) is 16.6. The number of sulfonamides is 1. The van der Waals surface area contributed by atoms with Crippen molar-refractivity contribution in [2.24, 2.45) is 0 Å². The number of carbonyl (C=O) groups excluding carboxylic acids is 1. The number of ether oxygens (including phenoxy) is 1. The number of benzene rings is 1. The third-order valence-corrected chi connectivity index (χ3v) is 6.71. The zero-order valence-electron chi connectivity index (χ0n) is 15.0. The number of aryl methyl sites for hydroxylation is 1. The number of carbonyl (C=O) groups is 1. The first-order valence-corrected chi connectivity index (χ1v) is 10.5. The van der Waals surface area contributed by atoms with Gasteiger partial charge in [-0.2, -0.15) is 4.31 Å². The number of rotatable bonds is 9. The Morgan fingerprint density at radius 2 is 1.93 bits per heavy atom. The maximum atomic E-state index is 13.0. The van der Waals surface area contributed by atoms with Crippen molar-refractivity contribution < 1.29 is 22.9 Å². The second-order valence-electron chi connectivity index (χ2n) is 5.67. The van der Waals surface area contributed by atoms with Crippen LogP contribution in [0.4, 0.5) is 5.69 Å². The molecule has 0 fully saturated rings. The first kappa shape index (κ1) is 21.0. The van der Waals surface area contributed by atoms with Crippen LogP contribution in [0.1, 0.15) is 23.8 Å². The van der Waals surface area contributed by atoms with E-state index in [9.17, 15) is 23.3 Å². The lowest BCUT2D eigenvalue weighted by atomic mass is 10.3. The molecule has 0 radical (unpaired) electrons. The summed E-state index contributed by atoms with van der Waals surface area (Å²) in [6.07, 6.45) is -0.0789. The Labute approximate surface area is 161 Å². The van der Waals surface area contributed by atoms with Crippen LogP contribution in [0.25, 0.3) is 0 Å². The van der Waals surface area contributed by atoms with Gasteiger partial charge in [0.15, 0.2) is 0 Å². The Kier molecular flexibility index (Phi) is 7.05. The predicted molar refractivity (Wildman–Crippen MR) is 101 cm³/mol. The number of nitro groups is 1. The highest BCUT2D eigenvalue weighted by molar-refractivity contribution is 7.89. The Morgan fingerprint density at radius 3 is 2.44 bits per heavy atom. The van der Waals surface area contributed by atoms with Crippen LogP contribution in [0.15, 0.2) is 40.6 Å². The third-order valence-electron chi connectivity index (χ3n) is 3.84. The lowest BCUT2D eigenvalue weighted by molar-refractivity contribution is -0.384. The van der Waals surface area contributed by atoms with Crippen molar-refractivity contribution in [3.8, 4) is 0 Å². The van der Waals surface area contributed by atoms with E-state index in [1.807, 2.05) is 18.4 Å². The van der Waals surface area contributed by atoms with Crippen LogP contribution < -0.4 is 0 Å². The van der Waals surface area contributed by atoms with Crippen LogP contribution in [0, 0.1) is 17.0 Å². The van der Waals surface area contributed by atoms with E-state index >= 15 is 0 Å². The van der Waals surface area contributed by atoms with Gasteiger partial charge in [-0.1, -0.05) is 0 Å². The Bertz CT molecular complexity index is 906. The molecular weight excluding hydrogens is 392 g/mol. The van der Waals surface area contributed by atoms with Gasteiger partial charge in [-0.15, -0.1) is 11.3 Å². The molecule has 10 heteroatoms. The summed E-state index contributed by atoms with van der Waals surface area (Å²) in [6.45, 7) is 3.85. The van der Waals surface area contributed by atoms with Crippen molar-refractivity contribution in [1.29, 1.82) is 0 Å². The van der Waals surface area contributed by atoms with E-state index in [-0.39, 0.29) is 36.7 Å². The molecule has 1 aromatic carbocycles. The SMILES string of the molecule is CCOC(=O)CCN(Cc1sccc1C)S(=O)(=O)c1ccc([N+](=O)[O-])cc1. The molecule has 0 saturated heterocycles. The monoisotopic (exact) mass is 412 g/mol. The minimum absolute atomic E-state index is 0.0461. The second kappa shape index (κ2) is 9.07. The van der Waals surface area contributed by atoms with E-state index in [1.165, 1.54) is 27.8 Å². The van der Waals surface area contributed by atoms with Crippen molar-refractivity contribution >= 4 is 33.0 Å². The van der Waals surface area contributed by atoms with Crippen LogP contribution in [0.5, 0.6) is 0 Å². The molecule has 0 amide bonds. The van der Waals surface area contributed by atoms with Crippen LogP contribution in [0.3, 0.4) is 0 Å². The lowest BCUT2D eigenvalue weighted by Crippen LogP contribution is -2.33. The van der Waals surface area contributed by atoms with Crippen molar-refractivity contribution in [3.05, 3.63) is 56.3 Å². The number of esters is 1. The van der Waals surface area contributed by atoms with Gasteiger partial charge in [0.25, 0.3) is 5.69 Å². The molecule has 1 heterocycles. The van der Waals surface area contributed by atoms with E-state index in [2.05, 4.69) is 0 Å². The van der Waals surface area contributed by atoms with Gasteiger partial charge >= 0.3 is 5.97 Å². The second-order valence-corrected chi connectivity index (χ2v) is 8.61. The maximum Gasteiger partial charge on any atom is 0.307 e. The average molecular weight is 412 g/mol. The van der Waals surface area contributed by atoms with Crippen LogP contribution in [-0.2, 0) is 26.1 Å². The van der Waals surface area contributed by atoms with Gasteiger partial charge in [0.2, 0.25) is 10.0 Å². The Hall–Kier alpha value is -2.30. The summed E-state index contributed by atoms with van der Waals surface area (Å²) < 4.78 is 32.1. The highest BCUT2D eigenvalue weighted by atomic mass is 32.2. The maximum absolute atomic E-state index is 13.0. The number of hydrogen-bond acceptors (Lipinski definition) is 7. The third kappa shape index (κ3) is 5.34. The van der Waals surface area contributed by atoms with Gasteiger partial charge in [-0.3, -0.25) is 14.9 Å². The van der Waals surface area contributed by atoms with Gasteiger partial charge in [0, 0.05) is 30.1 Å². The molecule has 0 aliphatic rings. The van der Waals surface area contributed by atoms with E-state index in [0.29, 0.717) is 0 Å². The van der Waals surface area contributed by atoms with E-state index < -0.39 is 20.9 Å². The summed E-state index contributed by atoms with van der Waals surface area (Å²) in [7, 11) is -3.94. The van der Waals surface area contributed by atoms with Crippen molar-refractivity contribution in [3.63, 3.8) is 0 Å². The quantitative estimate of drug-likeness (QED) is 0.356. The number of thiophene rings is 1.